The molecule has 2 N–H and O–H groups in total. The van der Waals surface area contributed by atoms with Crippen molar-refractivity contribution >= 4 is 29.8 Å². The lowest BCUT2D eigenvalue weighted by Gasteiger charge is -2.03. The van der Waals surface area contributed by atoms with Crippen molar-refractivity contribution in [3.05, 3.63) is 46.4 Å². The molecule has 0 saturated carbocycles. The Kier molecular flexibility index (Phi) is 2.94. The van der Waals surface area contributed by atoms with Crippen molar-refractivity contribution < 1.29 is 0 Å². The average Bonchev–Trinajstić information content (AvgIpc) is 2.65. The molecule has 7 nitrogen and oxygen atoms in total. The van der Waals surface area contributed by atoms with Gasteiger partial charge >= 0.3 is 5.69 Å². The smallest absolute Gasteiger partial charge is 0.340 e. The summed E-state index contributed by atoms with van der Waals surface area (Å²) in [7, 11) is 0. The molecule has 0 amide bonds. The van der Waals surface area contributed by atoms with Gasteiger partial charge in [-0.1, -0.05) is 18.9 Å². The van der Waals surface area contributed by atoms with E-state index in [2.05, 4.69) is 27.8 Å². The number of nitrogen functional groups attached to an aromatic ring is 1. The number of fused-ring (bicyclic) bond motifs is 1. The second-order valence-electron chi connectivity index (χ2n) is 4.37. The molecule has 0 aliphatic carbocycles. The molecule has 0 spiro atoms. The van der Waals surface area contributed by atoms with E-state index in [1.165, 1.54) is 8.54 Å². The summed E-state index contributed by atoms with van der Waals surface area (Å²) in [5.74, 6) is 0.749. The molecule has 0 saturated heterocycles. The molecule has 0 aliphatic heterocycles. The Labute approximate surface area is 119 Å². The predicted octanol–water partition coefficient (Wildman–Crippen LogP) is 0.620. The highest BCUT2D eigenvalue weighted by Gasteiger charge is 2.17. The normalized spacial score (nSPS) is 11.1. The van der Waals surface area contributed by atoms with E-state index in [0.29, 0.717) is 23.5 Å². The number of nitrogens with zero attached hydrogens (tertiary/aromatic N) is 5. The van der Waals surface area contributed by atoms with E-state index in [-0.39, 0.29) is 11.5 Å². The lowest BCUT2D eigenvalue weighted by atomic mass is 10.3. The quantitative estimate of drug-likeness (QED) is 0.674. The molecule has 0 aliphatic rings. The van der Waals surface area contributed by atoms with Gasteiger partial charge in [0.15, 0.2) is 11.5 Å². The van der Waals surface area contributed by atoms with Crippen LogP contribution in [-0.2, 0) is 6.54 Å². The van der Waals surface area contributed by atoms with Crippen LogP contribution < -0.4 is 11.4 Å². The zero-order chi connectivity index (χ0) is 14.3. The van der Waals surface area contributed by atoms with Crippen molar-refractivity contribution in [1.82, 2.24) is 23.5 Å². The van der Waals surface area contributed by atoms with Crippen LogP contribution in [-0.4, -0.2) is 23.5 Å². The van der Waals surface area contributed by atoms with Crippen LogP contribution in [0.2, 0.25) is 0 Å². The summed E-state index contributed by atoms with van der Waals surface area (Å²) < 4.78 is 2.67. The molecule has 0 aromatic carbocycles. The van der Waals surface area contributed by atoms with Gasteiger partial charge in [0, 0.05) is 12.4 Å². The molecule has 3 heterocycles. The van der Waals surface area contributed by atoms with Crippen molar-refractivity contribution in [2.75, 3.05) is 5.73 Å². The molecular formula is C12H12N6OS. The molecule has 3 rings (SSSR count). The number of pyridine rings is 1. The van der Waals surface area contributed by atoms with Gasteiger partial charge in [-0.15, -0.1) is 0 Å². The monoisotopic (exact) mass is 288 g/mol. The molecule has 20 heavy (non-hydrogen) atoms. The van der Waals surface area contributed by atoms with Crippen LogP contribution in [0.3, 0.4) is 0 Å². The number of aromatic nitrogens is 5. The van der Waals surface area contributed by atoms with Crippen molar-refractivity contribution in [3.8, 4) is 0 Å². The van der Waals surface area contributed by atoms with Gasteiger partial charge in [-0.25, -0.2) is 18.7 Å². The predicted molar refractivity (Wildman–Crippen MR) is 78.7 cm³/mol. The topological polar surface area (TPSA) is 91.6 Å². The van der Waals surface area contributed by atoms with Gasteiger partial charge in [-0.05, 0) is 18.6 Å². The number of imidazole rings is 1. The van der Waals surface area contributed by atoms with Crippen LogP contribution >= 0.6 is 12.8 Å². The van der Waals surface area contributed by atoms with Crippen molar-refractivity contribution in [2.24, 2.45) is 0 Å². The van der Waals surface area contributed by atoms with Crippen molar-refractivity contribution in [2.45, 2.75) is 13.5 Å². The molecular weight excluding hydrogens is 276 g/mol. The Morgan fingerprint density at radius 3 is 2.90 bits per heavy atom. The van der Waals surface area contributed by atoms with E-state index in [0.717, 1.165) is 5.56 Å². The summed E-state index contributed by atoms with van der Waals surface area (Å²) in [5, 5.41) is 0. The number of hydrogen-bond donors (Lipinski definition) is 2. The highest BCUT2D eigenvalue weighted by atomic mass is 32.1. The minimum atomic E-state index is -0.307. The Morgan fingerprint density at radius 2 is 2.20 bits per heavy atom. The summed E-state index contributed by atoms with van der Waals surface area (Å²) in [5.41, 5.74) is 7.33. The molecule has 3 aromatic rings. The first-order valence-electron chi connectivity index (χ1n) is 5.91. The number of rotatable bonds is 2. The highest BCUT2D eigenvalue weighted by molar-refractivity contribution is 7.78. The number of aryl methyl sites for hydroxylation is 1. The molecule has 0 atom stereocenters. The summed E-state index contributed by atoms with van der Waals surface area (Å²) in [6.07, 6.45) is 3.38. The third-order valence-corrected chi connectivity index (χ3v) is 3.32. The standard InChI is InChI=1S/C12H12N6OS/c1-7-15-10(13)9-11(16-7)17(12(19)18(9)20)6-8-3-2-4-14-5-8/h2-5,20H,6H2,1H3,(H2,13,15,16). The second kappa shape index (κ2) is 4.64. The number of hydrogen-bond acceptors (Lipinski definition) is 6. The van der Waals surface area contributed by atoms with Crippen LogP contribution in [0.1, 0.15) is 11.4 Å². The van der Waals surface area contributed by atoms with E-state index in [9.17, 15) is 4.79 Å². The number of nitrogens with two attached hydrogens (primary N) is 1. The second-order valence-corrected chi connectivity index (χ2v) is 4.77. The first-order valence-corrected chi connectivity index (χ1v) is 6.31. The average molecular weight is 288 g/mol. The fraction of sp³-hybridized carbons (Fsp3) is 0.167. The summed E-state index contributed by atoms with van der Waals surface area (Å²) >= 11 is 4.16. The van der Waals surface area contributed by atoms with Gasteiger partial charge in [0.1, 0.15) is 11.3 Å². The number of thiol groups is 1. The minimum absolute atomic E-state index is 0.240. The van der Waals surface area contributed by atoms with Crippen LogP contribution in [0, 0.1) is 6.92 Å². The fourth-order valence-corrected chi connectivity index (χ4v) is 2.38. The first kappa shape index (κ1) is 12.7. The molecule has 0 fully saturated rings. The fourth-order valence-electron chi connectivity index (χ4n) is 2.08. The van der Waals surface area contributed by atoms with E-state index in [1.807, 2.05) is 12.1 Å². The Balaban J connectivity index is 2.25. The third-order valence-electron chi connectivity index (χ3n) is 2.95. The molecule has 0 radical (unpaired) electrons. The lowest BCUT2D eigenvalue weighted by Crippen LogP contribution is -2.21. The van der Waals surface area contributed by atoms with Gasteiger partial charge in [0.05, 0.1) is 6.54 Å². The lowest BCUT2D eigenvalue weighted by molar-refractivity contribution is 0.767. The summed E-state index contributed by atoms with van der Waals surface area (Å²) in [6, 6.07) is 3.70. The summed E-state index contributed by atoms with van der Waals surface area (Å²) in [4.78, 5) is 24.6. The molecule has 8 heteroatoms. The van der Waals surface area contributed by atoms with Gasteiger partial charge in [0.25, 0.3) is 0 Å². The third kappa shape index (κ3) is 1.94. The summed E-state index contributed by atoms with van der Waals surface area (Å²) in [6.45, 7) is 2.08. The zero-order valence-electron chi connectivity index (χ0n) is 10.7. The number of anilines is 1. The minimum Gasteiger partial charge on any atom is -0.382 e. The first-order chi connectivity index (χ1) is 9.58. The van der Waals surface area contributed by atoms with Crippen LogP contribution in [0.4, 0.5) is 5.82 Å². The highest BCUT2D eigenvalue weighted by Crippen LogP contribution is 2.18. The maximum atomic E-state index is 12.3. The Hall–Kier alpha value is -2.35. The van der Waals surface area contributed by atoms with Crippen LogP contribution in [0.25, 0.3) is 11.2 Å². The van der Waals surface area contributed by atoms with Gasteiger partial charge < -0.3 is 5.73 Å². The van der Waals surface area contributed by atoms with Gasteiger partial charge in [-0.2, -0.15) is 0 Å². The van der Waals surface area contributed by atoms with Gasteiger partial charge in [0.2, 0.25) is 0 Å². The zero-order valence-corrected chi connectivity index (χ0v) is 11.6. The van der Waals surface area contributed by atoms with Crippen molar-refractivity contribution in [1.29, 1.82) is 0 Å². The molecule has 102 valence electrons. The Morgan fingerprint density at radius 1 is 1.40 bits per heavy atom. The van der Waals surface area contributed by atoms with Crippen molar-refractivity contribution in [3.63, 3.8) is 0 Å². The van der Waals surface area contributed by atoms with E-state index in [4.69, 9.17) is 5.73 Å². The maximum absolute atomic E-state index is 12.3. The van der Waals surface area contributed by atoms with Crippen LogP contribution in [0.15, 0.2) is 29.3 Å². The maximum Gasteiger partial charge on any atom is 0.340 e. The molecule has 3 aromatic heterocycles. The van der Waals surface area contributed by atoms with Gasteiger partial charge in [-0.3, -0.25) is 9.55 Å². The van der Waals surface area contributed by atoms with E-state index in [1.54, 1.807) is 19.3 Å². The van der Waals surface area contributed by atoms with E-state index < -0.39 is 0 Å². The van der Waals surface area contributed by atoms with E-state index >= 15 is 0 Å². The SMILES string of the molecule is Cc1nc(N)c2c(n1)n(Cc1cccnc1)c(=O)n2S. The Bertz CT molecular complexity index is 839. The largest absolute Gasteiger partial charge is 0.382 e. The van der Waals surface area contributed by atoms with Crippen LogP contribution in [0.5, 0.6) is 0 Å². The molecule has 0 bridgehead atoms. The molecule has 0 unspecified atom stereocenters.